The summed E-state index contributed by atoms with van der Waals surface area (Å²) in [4.78, 5) is 16.4. The van der Waals surface area contributed by atoms with Gasteiger partial charge in [0.05, 0.1) is 11.5 Å². The lowest BCUT2D eigenvalue weighted by Crippen LogP contribution is -2.36. The van der Waals surface area contributed by atoms with Crippen LogP contribution in [0.15, 0.2) is 4.52 Å². The largest absolute Gasteiger partial charge is 0.353 e. The summed E-state index contributed by atoms with van der Waals surface area (Å²) in [7, 11) is 0. The molecule has 0 radical (unpaired) electrons. The van der Waals surface area contributed by atoms with Crippen molar-refractivity contribution in [3.8, 4) is 0 Å². The van der Waals surface area contributed by atoms with Gasteiger partial charge in [-0.1, -0.05) is 37.3 Å². The van der Waals surface area contributed by atoms with Crippen molar-refractivity contribution in [2.45, 2.75) is 75.5 Å². The molecular weight excluding hydrogens is 298 g/mol. The molecule has 122 valence electrons. The first-order valence-corrected chi connectivity index (χ1v) is 9.66. The molecule has 0 bridgehead atoms. The zero-order valence-electron chi connectivity index (χ0n) is 13.1. The Kier molecular flexibility index (Phi) is 5.76. The minimum atomic E-state index is 0.137. The van der Waals surface area contributed by atoms with Crippen LogP contribution in [0.2, 0.25) is 0 Å². The summed E-state index contributed by atoms with van der Waals surface area (Å²) in [5.41, 5.74) is 0. The highest BCUT2D eigenvalue weighted by molar-refractivity contribution is 7.99. The van der Waals surface area contributed by atoms with Crippen molar-refractivity contribution in [2.75, 3.05) is 5.75 Å². The van der Waals surface area contributed by atoms with Gasteiger partial charge in [-0.2, -0.15) is 4.98 Å². The quantitative estimate of drug-likeness (QED) is 0.869. The highest BCUT2D eigenvalue weighted by Gasteiger charge is 2.28. The molecule has 1 amide bonds. The molecule has 2 saturated carbocycles. The minimum absolute atomic E-state index is 0.137. The van der Waals surface area contributed by atoms with Gasteiger partial charge < -0.3 is 9.84 Å². The number of amides is 1. The second-order valence-electron chi connectivity index (χ2n) is 6.42. The first-order valence-electron chi connectivity index (χ1n) is 8.51. The average molecular weight is 323 g/mol. The van der Waals surface area contributed by atoms with Gasteiger partial charge in [0.25, 0.3) is 0 Å². The molecule has 1 aromatic heterocycles. The Morgan fingerprint density at radius 3 is 2.59 bits per heavy atom. The van der Waals surface area contributed by atoms with E-state index < -0.39 is 0 Å². The van der Waals surface area contributed by atoms with Crippen LogP contribution in [0.1, 0.15) is 75.4 Å². The summed E-state index contributed by atoms with van der Waals surface area (Å²) < 4.78 is 5.21. The summed E-state index contributed by atoms with van der Waals surface area (Å²) in [6, 6.07) is 0.373. The van der Waals surface area contributed by atoms with E-state index in [1.807, 2.05) is 0 Å². The highest BCUT2D eigenvalue weighted by Crippen LogP contribution is 2.38. The lowest BCUT2D eigenvalue weighted by molar-refractivity contribution is -0.119. The molecule has 1 N–H and O–H groups in total. The molecule has 0 aliphatic heterocycles. The van der Waals surface area contributed by atoms with Crippen LogP contribution in [0.4, 0.5) is 0 Å². The van der Waals surface area contributed by atoms with Gasteiger partial charge in [-0.3, -0.25) is 4.79 Å². The topological polar surface area (TPSA) is 68.0 Å². The Bertz CT molecular complexity index is 479. The van der Waals surface area contributed by atoms with Crippen LogP contribution in [0.3, 0.4) is 0 Å². The van der Waals surface area contributed by atoms with Crippen LogP contribution in [0, 0.1) is 0 Å². The number of thioether (sulfide) groups is 1. The van der Waals surface area contributed by atoms with Gasteiger partial charge in [0.15, 0.2) is 5.82 Å². The Labute approximate surface area is 136 Å². The maximum atomic E-state index is 12.0. The Morgan fingerprint density at radius 1 is 1.14 bits per heavy atom. The first kappa shape index (κ1) is 15.8. The molecule has 0 saturated heterocycles. The van der Waals surface area contributed by atoms with Crippen LogP contribution < -0.4 is 5.32 Å². The van der Waals surface area contributed by atoms with Crippen molar-refractivity contribution >= 4 is 17.7 Å². The molecule has 0 spiro atoms. The number of carbonyl (C=O) groups excluding carboxylic acids is 1. The third-order valence-electron chi connectivity index (χ3n) is 4.36. The molecule has 2 aliphatic rings. The number of nitrogens with one attached hydrogen (secondary N) is 1. The summed E-state index contributed by atoms with van der Waals surface area (Å²) in [5, 5.41) is 7.17. The van der Waals surface area contributed by atoms with Crippen molar-refractivity contribution in [3.63, 3.8) is 0 Å². The summed E-state index contributed by atoms with van der Waals surface area (Å²) in [6.07, 6.45) is 11.1. The molecule has 3 rings (SSSR count). The van der Waals surface area contributed by atoms with E-state index >= 15 is 0 Å². The maximum Gasteiger partial charge on any atom is 0.236 e. The van der Waals surface area contributed by atoms with Crippen LogP contribution in [-0.2, 0) is 10.5 Å². The molecule has 0 unspecified atom stereocenters. The van der Waals surface area contributed by atoms with Crippen molar-refractivity contribution in [1.29, 1.82) is 0 Å². The number of aromatic nitrogens is 2. The van der Waals surface area contributed by atoms with Crippen LogP contribution >= 0.6 is 11.8 Å². The van der Waals surface area contributed by atoms with E-state index in [1.165, 1.54) is 44.9 Å². The fraction of sp³-hybridized carbons (Fsp3) is 0.812. The molecule has 6 heteroatoms. The van der Waals surface area contributed by atoms with Gasteiger partial charge in [-0.25, -0.2) is 0 Å². The normalized spacial score (nSPS) is 20.4. The van der Waals surface area contributed by atoms with Crippen molar-refractivity contribution in [2.24, 2.45) is 0 Å². The predicted octanol–water partition coefficient (Wildman–Crippen LogP) is 3.41. The highest BCUT2D eigenvalue weighted by atomic mass is 32.2. The van der Waals surface area contributed by atoms with E-state index in [1.54, 1.807) is 11.8 Å². The average Bonchev–Trinajstić information content (AvgIpc) is 3.22. The van der Waals surface area contributed by atoms with E-state index in [0.717, 1.165) is 18.7 Å². The fourth-order valence-electron chi connectivity index (χ4n) is 2.93. The molecule has 0 atom stereocenters. The van der Waals surface area contributed by atoms with Crippen molar-refractivity contribution in [1.82, 2.24) is 15.5 Å². The zero-order valence-corrected chi connectivity index (χ0v) is 13.9. The fourth-order valence-corrected chi connectivity index (χ4v) is 3.60. The molecular formula is C16H25N3O2S. The number of rotatable bonds is 6. The second kappa shape index (κ2) is 7.99. The van der Waals surface area contributed by atoms with Gasteiger partial charge in [-0.05, 0) is 25.7 Å². The summed E-state index contributed by atoms with van der Waals surface area (Å²) >= 11 is 1.55. The van der Waals surface area contributed by atoms with E-state index in [-0.39, 0.29) is 5.91 Å². The zero-order chi connectivity index (χ0) is 15.2. The number of hydrogen-bond donors (Lipinski definition) is 1. The molecule has 2 aliphatic carbocycles. The summed E-state index contributed by atoms with van der Waals surface area (Å²) in [5.74, 6) is 3.23. The van der Waals surface area contributed by atoms with E-state index in [4.69, 9.17) is 4.52 Å². The monoisotopic (exact) mass is 323 g/mol. The standard InChI is InChI=1S/C16H25N3O2S/c20-14(17-13-6-4-2-1-3-5-7-13)10-22-11-15-18-16(19-21-15)12-8-9-12/h12-13H,1-11H2,(H,17,20). The van der Waals surface area contributed by atoms with E-state index in [2.05, 4.69) is 15.5 Å². The molecule has 5 nitrogen and oxygen atoms in total. The smallest absolute Gasteiger partial charge is 0.236 e. The molecule has 1 heterocycles. The maximum absolute atomic E-state index is 12.0. The SMILES string of the molecule is O=C(CSCc1nc(C2CC2)no1)NC1CCCCCCC1. The Hall–Kier alpha value is -1.04. The van der Waals surface area contributed by atoms with Gasteiger partial charge in [0.1, 0.15) is 0 Å². The molecule has 0 aromatic carbocycles. The predicted molar refractivity (Wildman–Crippen MR) is 86.7 cm³/mol. The van der Waals surface area contributed by atoms with Crippen LogP contribution in [0.25, 0.3) is 0 Å². The first-order chi connectivity index (χ1) is 10.8. The third kappa shape index (κ3) is 5.00. The molecule has 22 heavy (non-hydrogen) atoms. The van der Waals surface area contributed by atoms with E-state index in [0.29, 0.717) is 29.4 Å². The second-order valence-corrected chi connectivity index (χ2v) is 7.41. The number of hydrogen-bond acceptors (Lipinski definition) is 5. The molecule has 2 fully saturated rings. The third-order valence-corrected chi connectivity index (χ3v) is 5.27. The minimum Gasteiger partial charge on any atom is -0.353 e. The van der Waals surface area contributed by atoms with Crippen molar-refractivity contribution in [3.05, 3.63) is 11.7 Å². The van der Waals surface area contributed by atoms with Gasteiger partial charge in [0, 0.05) is 12.0 Å². The lowest BCUT2D eigenvalue weighted by Gasteiger charge is -2.20. The van der Waals surface area contributed by atoms with E-state index in [9.17, 15) is 4.79 Å². The lowest BCUT2D eigenvalue weighted by atomic mass is 9.97. The van der Waals surface area contributed by atoms with Gasteiger partial charge in [0.2, 0.25) is 11.8 Å². The number of carbonyl (C=O) groups is 1. The van der Waals surface area contributed by atoms with Crippen molar-refractivity contribution < 1.29 is 9.32 Å². The summed E-state index contributed by atoms with van der Waals surface area (Å²) in [6.45, 7) is 0. The van der Waals surface area contributed by atoms with Crippen LogP contribution in [-0.4, -0.2) is 27.8 Å². The number of nitrogens with zero attached hydrogens (tertiary/aromatic N) is 2. The van der Waals surface area contributed by atoms with Gasteiger partial charge >= 0.3 is 0 Å². The molecule has 1 aromatic rings. The van der Waals surface area contributed by atoms with Gasteiger partial charge in [-0.15, -0.1) is 11.8 Å². The Morgan fingerprint density at radius 2 is 1.86 bits per heavy atom. The Balaban J connectivity index is 1.34. The van der Waals surface area contributed by atoms with Crippen LogP contribution in [0.5, 0.6) is 0 Å².